The maximum atomic E-state index is 13.6. The molecule has 0 aromatic heterocycles. The van der Waals surface area contributed by atoms with Crippen LogP contribution in [0.1, 0.15) is 26.3 Å². The number of rotatable bonds is 4. The monoisotopic (exact) mass is 227 g/mol. The first-order chi connectivity index (χ1) is 7.00. The maximum Gasteiger partial charge on any atom is 0.137 e. The van der Waals surface area contributed by atoms with Gasteiger partial charge in [0.1, 0.15) is 5.82 Å². The highest BCUT2D eigenvalue weighted by molar-refractivity contribution is 8.00. The van der Waals surface area contributed by atoms with Crippen LogP contribution in [-0.4, -0.2) is 11.3 Å². The summed E-state index contributed by atoms with van der Waals surface area (Å²) in [6.45, 7) is 6.06. The molecule has 84 valence electrons. The first kappa shape index (κ1) is 12.5. The summed E-state index contributed by atoms with van der Waals surface area (Å²) >= 11 is 1.56. The summed E-state index contributed by atoms with van der Waals surface area (Å²) in [6.07, 6.45) is 0.729. The first-order valence-corrected chi connectivity index (χ1v) is 6.08. The SMILES string of the molecule is CC(N)Cc1cccc(F)c1SC(C)C. The van der Waals surface area contributed by atoms with Crippen LogP contribution in [-0.2, 0) is 6.42 Å². The summed E-state index contributed by atoms with van der Waals surface area (Å²) in [4.78, 5) is 0.754. The van der Waals surface area contributed by atoms with E-state index in [0.717, 1.165) is 16.9 Å². The fourth-order valence-electron chi connectivity index (χ4n) is 1.43. The zero-order chi connectivity index (χ0) is 11.4. The van der Waals surface area contributed by atoms with Crippen molar-refractivity contribution in [1.82, 2.24) is 0 Å². The van der Waals surface area contributed by atoms with Gasteiger partial charge in [-0.1, -0.05) is 26.0 Å². The van der Waals surface area contributed by atoms with E-state index in [1.54, 1.807) is 17.8 Å². The summed E-state index contributed by atoms with van der Waals surface area (Å²) in [5, 5.41) is 0.383. The van der Waals surface area contributed by atoms with Crippen molar-refractivity contribution in [1.29, 1.82) is 0 Å². The highest BCUT2D eigenvalue weighted by Crippen LogP contribution is 2.29. The minimum atomic E-state index is -0.133. The van der Waals surface area contributed by atoms with Crippen LogP contribution < -0.4 is 5.73 Å². The summed E-state index contributed by atoms with van der Waals surface area (Å²) in [5.74, 6) is -0.133. The number of nitrogens with two attached hydrogens (primary N) is 1. The van der Waals surface area contributed by atoms with Crippen LogP contribution in [0, 0.1) is 5.82 Å². The van der Waals surface area contributed by atoms with E-state index in [4.69, 9.17) is 5.73 Å². The van der Waals surface area contributed by atoms with Crippen molar-refractivity contribution >= 4 is 11.8 Å². The molecule has 0 fully saturated rings. The van der Waals surface area contributed by atoms with Gasteiger partial charge in [0.15, 0.2) is 0 Å². The van der Waals surface area contributed by atoms with Gasteiger partial charge in [-0.25, -0.2) is 4.39 Å². The van der Waals surface area contributed by atoms with E-state index in [-0.39, 0.29) is 11.9 Å². The second kappa shape index (κ2) is 5.52. The summed E-state index contributed by atoms with van der Waals surface area (Å²) < 4.78 is 13.6. The molecule has 1 aromatic carbocycles. The number of hydrogen-bond donors (Lipinski definition) is 1. The standard InChI is InChI=1S/C12H18FNS/c1-8(2)15-12-10(7-9(3)14)5-4-6-11(12)13/h4-6,8-9H,7,14H2,1-3H3. The summed E-state index contributed by atoms with van der Waals surface area (Å²) in [6, 6.07) is 5.28. The zero-order valence-corrected chi connectivity index (χ0v) is 10.3. The Morgan fingerprint density at radius 1 is 1.33 bits per heavy atom. The average Bonchev–Trinajstić information content (AvgIpc) is 2.09. The molecular weight excluding hydrogens is 209 g/mol. The zero-order valence-electron chi connectivity index (χ0n) is 9.46. The maximum absolute atomic E-state index is 13.6. The molecule has 0 spiro atoms. The predicted molar refractivity (Wildman–Crippen MR) is 64.7 cm³/mol. The molecule has 15 heavy (non-hydrogen) atoms. The molecule has 0 saturated carbocycles. The Morgan fingerprint density at radius 2 is 2.00 bits per heavy atom. The smallest absolute Gasteiger partial charge is 0.137 e. The highest BCUT2D eigenvalue weighted by atomic mass is 32.2. The molecule has 0 aliphatic rings. The predicted octanol–water partition coefficient (Wildman–Crippen LogP) is 3.22. The molecule has 1 unspecified atom stereocenters. The van der Waals surface area contributed by atoms with Crippen molar-refractivity contribution in [2.24, 2.45) is 5.73 Å². The van der Waals surface area contributed by atoms with Gasteiger partial charge in [-0.05, 0) is 25.0 Å². The molecule has 1 rings (SSSR count). The summed E-state index contributed by atoms with van der Waals surface area (Å²) in [7, 11) is 0. The van der Waals surface area contributed by atoms with Gasteiger partial charge in [0.2, 0.25) is 0 Å². The molecule has 0 aliphatic carbocycles. The Hall–Kier alpha value is -0.540. The average molecular weight is 227 g/mol. The number of hydrogen-bond acceptors (Lipinski definition) is 2. The second-order valence-corrected chi connectivity index (χ2v) is 5.66. The van der Waals surface area contributed by atoms with Crippen molar-refractivity contribution in [3.05, 3.63) is 29.6 Å². The van der Waals surface area contributed by atoms with Gasteiger partial charge >= 0.3 is 0 Å². The van der Waals surface area contributed by atoms with Crippen molar-refractivity contribution in [2.75, 3.05) is 0 Å². The second-order valence-electron chi connectivity index (χ2n) is 4.08. The molecule has 0 amide bonds. The largest absolute Gasteiger partial charge is 0.328 e. The van der Waals surface area contributed by atoms with Crippen LogP contribution in [0.3, 0.4) is 0 Å². The molecule has 3 heteroatoms. The normalized spacial score (nSPS) is 13.2. The van der Waals surface area contributed by atoms with Gasteiger partial charge < -0.3 is 5.73 Å². The molecule has 2 N–H and O–H groups in total. The molecule has 0 saturated heterocycles. The molecule has 0 bridgehead atoms. The number of benzene rings is 1. The van der Waals surface area contributed by atoms with Crippen LogP contribution in [0.15, 0.2) is 23.1 Å². The Morgan fingerprint density at radius 3 is 2.53 bits per heavy atom. The molecule has 1 nitrogen and oxygen atoms in total. The first-order valence-electron chi connectivity index (χ1n) is 5.20. The van der Waals surface area contributed by atoms with Crippen LogP contribution in [0.25, 0.3) is 0 Å². The van der Waals surface area contributed by atoms with Gasteiger partial charge in [-0.2, -0.15) is 0 Å². The molecular formula is C12H18FNS. The van der Waals surface area contributed by atoms with Crippen molar-refractivity contribution in [2.45, 2.75) is 43.4 Å². The Kier molecular flexibility index (Phi) is 4.61. The van der Waals surface area contributed by atoms with Crippen molar-refractivity contribution < 1.29 is 4.39 Å². The number of thioether (sulfide) groups is 1. The number of halogens is 1. The van der Waals surface area contributed by atoms with Crippen LogP contribution in [0.5, 0.6) is 0 Å². The van der Waals surface area contributed by atoms with Gasteiger partial charge in [0.25, 0.3) is 0 Å². The van der Waals surface area contributed by atoms with E-state index < -0.39 is 0 Å². The lowest BCUT2D eigenvalue weighted by Gasteiger charge is -2.13. The van der Waals surface area contributed by atoms with Crippen molar-refractivity contribution in [3.63, 3.8) is 0 Å². The van der Waals surface area contributed by atoms with Crippen molar-refractivity contribution in [3.8, 4) is 0 Å². The molecule has 0 aliphatic heterocycles. The third-order valence-electron chi connectivity index (χ3n) is 1.94. The van der Waals surface area contributed by atoms with Gasteiger partial charge in [-0.15, -0.1) is 11.8 Å². The van der Waals surface area contributed by atoms with E-state index in [1.165, 1.54) is 6.07 Å². The Labute approximate surface area is 95.2 Å². The van der Waals surface area contributed by atoms with E-state index in [0.29, 0.717) is 5.25 Å². The fourth-order valence-corrected chi connectivity index (χ4v) is 2.38. The quantitative estimate of drug-likeness (QED) is 0.799. The van der Waals surface area contributed by atoms with Crippen LogP contribution >= 0.6 is 11.8 Å². The third kappa shape index (κ3) is 3.84. The van der Waals surface area contributed by atoms with Gasteiger partial charge in [0.05, 0.1) is 0 Å². The van der Waals surface area contributed by atoms with E-state index in [2.05, 4.69) is 13.8 Å². The van der Waals surface area contributed by atoms with Gasteiger partial charge in [0, 0.05) is 16.2 Å². The van der Waals surface area contributed by atoms with Crippen LogP contribution in [0.4, 0.5) is 4.39 Å². The Balaban J connectivity index is 2.97. The minimum absolute atomic E-state index is 0.0679. The molecule has 1 aromatic rings. The van der Waals surface area contributed by atoms with Gasteiger partial charge in [-0.3, -0.25) is 0 Å². The Bertz CT molecular complexity index is 323. The lowest BCUT2D eigenvalue weighted by Crippen LogP contribution is -2.18. The lowest BCUT2D eigenvalue weighted by atomic mass is 10.1. The molecule has 0 heterocycles. The van der Waals surface area contributed by atoms with E-state index in [9.17, 15) is 4.39 Å². The molecule has 0 radical (unpaired) electrons. The lowest BCUT2D eigenvalue weighted by molar-refractivity contribution is 0.592. The minimum Gasteiger partial charge on any atom is -0.328 e. The third-order valence-corrected chi connectivity index (χ3v) is 3.11. The highest BCUT2D eigenvalue weighted by Gasteiger charge is 2.11. The fraction of sp³-hybridized carbons (Fsp3) is 0.500. The van der Waals surface area contributed by atoms with E-state index in [1.807, 2.05) is 13.0 Å². The van der Waals surface area contributed by atoms with E-state index >= 15 is 0 Å². The summed E-state index contributed by atoms with van der Waals surface area (Å²) in [5.41, 5.74) is 6.76. The topological polar surface area (TPSA) is 26.0 Å². The van der Waals surface area contributed by atoms with Crippen LogP contribution in [0.2, 0.25) is 0 Å². The molecule has 1 atom stereocenters.